The van der Waals surface area contributed by atoms with Crippen molar-refractivity contribution in [2.75, 3.05) is 0 Å². The van der Waals surface area contributed by atoms with Crippen molar-refractivity contribution in [3.05, 3.63) is 23.8 Å². The van der Waals surface area contributed by atoms with Crippen LogP contribution in [0.15, 0.2) is 12.2 Å². The zero-order valence-electron chi connectivity index (χ0n) is 9.47. The summed E-state index contributed by atoms with van der Waals surface area (Å²) in [6, 6.07) is 0.198. The van der Waals surface area contributed by atoms with E-state index in [4.69, 9.17) is 5.73 Å². The summed E-state index contributed by atoms with van der Waals surface area (Å²) in [5, 5.41) is 8.69. The summed E-state index contributed by atoms with van der Waals surface area (Å²) >= 11 is 0. The minimum atomic E-state index is 0.198. The number of rotatable bonds is 1. The highest BCUT2D eigenvalue weighted by Gasteiger charge is 2.24. The van der Waals surface area contributed by atoms with E-state index in [9.17, 15) is 0 Å². The van der Waals surface area contributed by atoms with Crippen LogP contribution in [0.3, 0.4) is 0 Å². The number of hydrogen-bond donors (Lipinski definition) is 1. The summed E-state index contributed by atoms with van der Waals surface area (Å²) in [7, 11) is 0. The molecule has 16 heavy (non-hydrogen) atoms. The molecule has 0 saturated heterocycles. The van der Waals surface area contributed by atoms with Crippen LogP contribution >= 0.6 is 0 Å². The summed E-state index contributed by atoms with van der Waals surface area (Å²) in [6.07, 6.45) is 10.1. The lowest BCUT2D eigenvalue weighted by molar-refractivity contribution is 0.574. The van der Waals surface area contributed by atoms with Crippen molar-refractivity contribution in [1.29, 1.82) is 0 Å². The van der Waals surface area contributed by atoms with Gasteiger partial charge in [0.2, 0.25) is 0 Å². The van der Waals surface area contributed by atoms with E-state index in [2.05, 4.69) is 26.9 Å². The number of nitrogens with zero attached hydrogens (tertiary/aromatic N) is 3. The molecule has 2 unspecified atom stereocenters. The number of hydrogen-bond acceptors (Lipinski definition) is 3. The van der Waals surface area contributed by atoms with Gasteiger partial charge in [-0.3, -0.25) is 0 Å². The van der Waals surface area contributed by atoms with E-state index in [-0.39, 0.29) is 6.04 Å². The van der Waals surface area contributed by atoms with Gasteiger partial charge >= 0.3 is 0 Å². The van der Waals surface area contributed by atoms with Gasteiger partial charge in [-0.25, -0.2) is 0 Å². The first-order valence-electron chi connectivity index (χ1n) is 6.20. The van der Waals surface area contributed by atoms with Gasteiger partial charge in [0.1, 0.15) is 11.6 Å². The Hall–Kier alpha value is -1.16. The molecular weight excluding hydrogens is 200 g/mol. The van der Waals surface area contributed by atoms with Gasteiger partial charge in [-0.1, -0.05) is 18.6 Å². The van der Waals surface area contributed by atoms with Crippen LogP contribution in [0.5, 0.6) is 0 Å². The molecule has 0 fully saturated rings. The summed E-state index contributed by atoms with van der Waals surface area (Å²) in [5.41, 5.74) is 5.89. The Morgan fingerprint density at radius 1 is 1.19 bits per heavy atom. The fraction of sp³-hybridized carbons (Fsp3) is 0.667. The van der Waals surface area contributed by atoms with E-state index in [1.54, 1.807) is 0 Å². The predicted molar refractivity (Wildman–Crippen MR) is 62.1 cm³/mol. The zero-order chi connectivity index (χ0) is 11.0. The smallest absolute Gasteiger partial charge is 0.140 e. The highest BCUT2D eigenvalue weighted by Crippen LogP contribution is 2.28. The maximum Gasteiger partial charge on any atom is 0.140 e. The molecule has 2 heterocycles. The highest BCUT2D eigenvalue weighted by molar-refractivity contribution is 5.18. The minimum Gasteiger partial charge on any atom is -0.324 e. The van der Waals surface area contributed by atoms with E-state index in [1.807, 2.05) is 0 Å². The first-order chi connectivity index (χ1) is 7.84. The largest absolute Gasteiger partial charge is 0.324 e. The third kappa shape index (κ3) is 1.67. The van der Waals surface area contributed by atoms with Crippen molar-refractivity contribution in [1.82, 2.24) is 14.8 Å². The zero-order valence-corrected chi connectivity index (χ0v) is 9.47. The van der Waals surface area contributed by atoms with Gasteiger partial charge in [0.05, 0.1) is 0 Å². The van der Waals surface area contributed by atoms with Crippen molar-refractivity contribution in [3.8, 4) is 0 Å². The van der Waals surface area contributed by atoms with E-state index < -0.39 is 0 Å². The van der Waals surface area contributed by atoms with Crippen LogP contribution in [0.4, 0.5) is 0 Å². The fourth-order valence-corrected chi connectivity index (χ4v) is 2.70. The number of fused-ring (bicyclic) bond motifs is 1. The van der Waals surface area contributed by atoms with Crippen molar-refractivity contribution in [2.24, 2.45) is 5.73 Å². The van der Waals surface area contributed by atoms with Gasteiger partial charge in [-0.2, -0.15) is 0 Å². The molecule has 0 saturated carbocycles. The fourth-order valence-electron chi connectivity index (χ4n) is 2.70. The lowest BCUT2D eigenvalue weighted by atomic mass is 10.1. The van der Waals surface area contributed by atoms with Crippen LogP contribution in [-0.4, -0.2) is 20.8 Å². The summed E-state index contributed by atoms with van der Waals surface area (Å²) < 4.78 is 2.32. The number of aromatic nitrogens is 3. The average Bonchev–Trinajstić information content (AvgIpc) is 2.79. The van der Waals surface area contributed by atoms with Crippen molar-refractivity contribution < 1.29 is 0 Å². The summed E-state index contributed by atoms with van der Waals surface area (Å²) in [4.78, 5) is 0. The van der Waals surface area contributed by atoms with E-state index in [0.717, 1.165) is 25.2 Å². The molecule has 4 nitrogen and oxygen atoms in total. The Morgan fingerprint density at radius 3 is 2.94 bits per heavy atom. The maximum absolute atomic E-state index is 5.89. The Balaban J connectivity index is 1.90. The van der Waals surface area contributed by atoms with Crippen LogP contribution in [-0.2, 0) is 13.0 Å². The molecule has 2 atom stereocenters. The first kappa shape index (κ1) is 10.0. The van der Waals surface area contributed by atoms with E-state index >= 15 is 0 Å². The second-order valence-electron chi connectivity index (χ2n) is 4.83. The molecule has 0 radical (unpaired) electrons. The monoisotopic (exact) mass is 218 g/mol. The van der Waals surface area contributed by atoms with Gasteiger partial charge in [-0.15, -0.1) is 10.2 Å². The molecule has 0 aromatic carbocycles. The molecule has 0 bridgehead atoms. The molecule has 3 rings (SSSR count). The Kier molecular flexibility index (Phi) is 2.52. The van der Waals surface area contributed by atoms with Gasteiger partial charge in [0.15, 0.2) is 0 Å². The van der Waals surface area contributed by atoms with Crippen LogP contribution < -0.4 is 5.73 Å². The third-order valence-electron chi connectivity index (χ3n) is 3.59. The molecule has 1 aromatic rings. The SMILES string of the molecule is NC1C=CC(c2nnc3n2CCCCC3)C1. The molecule has 0 amide bonds. The molecule has 1 aromatic heterocycles. The van der Waals surface area contributed by atoms with Crippen LogP contribution in [0.2, 0.25) is 0 Å². The van der Waals surface area contributed by atoms with Gasteiger partial charge < -0.3 is 10.3 Å². The standard InChI is InChI=1S/C12H18N4/c13-10-6-5-9(8-10)12-15-14-11-4-2-1-3-7-16(11)12/h5-6,9-10H,1-4,7-8,13H2. The summed E-state index contributed by atoms with van der Waals surface area (Å²) in [5.74, 6) is 2.68. The van der Waals surface area contributed by atoms with Crippen LogP contribution in [0, 0.1) is 0 Å². The lowest BCUT2D eigenvalue weighted by Crippen LogP contribution is -2.16. The number of allylic oxidation sites excluding steroid dienone is 1. The molecule has 86 valence electrons. The number of aryl methyl sites for hydroxylation is 1. The first-order valence-corrected chi connectivity index (χ1v) is 6.20. The van der Waals surface area contributed by atoms with Gasteiger partial charge in [0.25, 0.3) is 0 Å². The van der Waals surface area contributed by atoms with Crippen molar-refractivity contribution >= 4 is 0 Å². The predicted octanol–water partition coefficient (Wildman–Crippen LogP) is 1.38. The maximum atomic E-state index is 5.89. The molecule has 2 N–H and O–H groups in total. The second-order valence-corrected chi connectivity index (χ2v) is 4.83. The third-order valence-corrected chi connectivity index (χ3v) is 3.59. The molecule has 2 aliphatic rings. The molecule has 1 aliphatic heterocycles. The van der Waals surface area contributed by atoms with Crippen molar-refractivity contribution in [2.45, 2.75) is 50.6 Å². The van der Waals surface area contributed by atoms with E-state index in [1.165, 1.54) is 25.1 Å². The van der Waals surface area contributed by atoms with Crippen LogP contribution in [0.25, 0.3) is 0 Å². The average molecular weight is 218 g/mol. The Labute approximate surface area is 95.5 Å². The molecule has 4 heteroatoms. The van der Waals surface area contributed by atoms with E-state index in [0.29, 0.717) is 5.92 Å². The summed E-state index contributed by atoms with van der Waals surface area (Å²) in [6.45, 7) is 1.08. The number of nitrogens with two attached hydrogens (primary N) is 1. The topological polar surface area (TPSA) is 56.7 Å². The Bertz CT molecular complexity index is 407. The lowest BCUT2D eigenvalue weighted by Gasteiger charge is -2.11. The molecular formula is C12H18N4. The molecule has 0 spiro atoms. The quantitative estimate of drug-likeness (QED) is 0.724. The Morgan fingerprint density at radius 2 is 2.12 bits per heavy atom. The van der Waals surface area contributed by atoms with Gasteiger partial charge in [0, 0.05) is 24.9 Å². The highest BCUT2D eigenvalue weighted by atomic mass is 15.3. The van der Waals surface area contributed by atoms with Crippen molar-refractivity contribution in [3.63, 3.8) is 0 Å². The normalized spacial score (nSPS) is 29.1. The molecule has 1 aliphatic carbocycles. The van der Waals surface area contributed by atoms with Crippen LogP contribution in [0.1, 0.15) is 43.3 Å². The van der Waals surface area contributed by atoms with Gasteiger partial charge in [-0.05, 0) is 19.3 Å². The minimum absolute atomic E-state index is 0.198. The second kappa shape index (κ2) is 4.01.